The van der Waals surface area contributed by atoms with Crippen LogP contribution in [0.25, 0.3) is 0 Å². The van der Waals surface area contributed by atoms with Gasteiger partial charge in [0.15, 0.2) is 5.75 Å². The summed E-state index contributed by atoms with van der Waals surface area (Å²) in [5.74, 6) is 1.76. The number of allylic oxidation sites excluding steroid dienone is 4. The van der Waals surface area contributed by atoms with Crippen LogP contribution in [0, 0.1) is 6.42 Å². The molecule has 2 nitrogen and oxygen atoms in total. The second-order valence-electron chi connectivity index (χ2n) is 4.88. The summed E-state index contributed by atoms with van der Waals surface area (Å²) in [4.78, 5) is 5.38. The van der Waals surface area contributed by atoms with E-state index in [-0.39, 0.29) is 17.1 Å². The Morgan fingerprint density at radius 2 is 1.33 bits per heavy atom. The molecule has 27 heavy (non-hydrogen) atoms. The van der Waals surface area contributed by atoms with E-state index < -0.39 is 7.81 Å². The number of hydrogen-bond donors (Lipinski definition) is 0. The molecule has 1 aliphatic heterocycles. The minimum Gasteiger partial charge on any atom is -0.453 e. The zero-order valence-corrected chi connectivity index (χ0v) is 16.1. The Morgan fingerprint density at radius 3 is 1.89 bits per heavy atom. The molecule has 2 aliphatic rings. The molecule has 1 aliphatic carbocycles. The molecule has 149 valence electrons. The van der Waals surface area contributed by atoms with Gasteiger partial charge in [-0.3, -0.25) is 0 Å². The molecule has 1 aromatic heterocycles. The molecule has 1 radical (unpaired) electrons. The van der Waals surface area contributed by atoms with Crippen LogP contribution in [-0.2, 0) is 17.1 Å². The summed E-state index contributed by atoms with van der Waals surface area (Å²) in [6.45, 7) is 0. The van der Waals surface area contributed by atoms with Gasteiger partial charge >= 0.3 is 33.0 Å². The number of benzene rings is 1. The Balaban J connectivity index is 0.000000237. The zero-order valence-electron chi connectivity index (χ0n) is 13.3. The average Bonchev–Trinajstić information content (AvgIpc) is 3.09. The maximum absolute atomic E-state index is 10.7. The molecule has 0 atom stereocenters. The topological polar surface area (TPSA) is 22.1 Å². The van der Waals surface area contributed by atoms with Crippen molar-refractivity contribution in [1.82, 2.24) is 4.98 Å². The van der Waals surface area contributed by atoms with Gasteiger partial charge in [0.25, 0.3) is 0 Å². The van der Waals surface area contributed by atoms with Gasteiger partial charge in [0, 0.05) is 29.7 Å². The molecular weight excluding hydrogens is 455 g/mol. The maximum atomic E-state index is 9.87. The van der Waals surface area contributed by atoms with Gasteiger partial charge in [-0.2, -0.15) is 0 Å². The number of hydrogen-bond acceptors (Lipinski definition) is 3. The fourth-order valence-corrected chi connectivity index (χ4v) is 2.58. The van der Waals surface area contributed by atoms with Crippen molar-refractivity contribution < 1.29 is 47.0 Å². The fraction of sp³-hybridized carbons (Fsp3) is 0. The molecule has 0 spiro atoms. The SMILES string of the molecule is F[P-](F)(F)(F)(F)F.[CH]1C=CC=C1.[Fe].c1ccc2c(c1)Oc1cccnc1S2. The van der Waals surface area contributed by atoms with Gasteiger partial charge in [-0.1, -0.05) is 48.2 Å². The number of halogens is 6. The van der Waals surface area contributed by atoms with E-state index in [1.54, 1.807) is 18.0 Å². The van der Waals surface area contributed by atoms with Crippen LogP contribution in [0.15, 0.2) is 76.8 Å². The third kappa shape index (κ3) is 11.1. The van der Waals surface area contributed by atoms with Crippen LogP contribution in [0.2, 0.25) is 0 Å². The van der Waals surface area contributed by atoms with Crippen LogP contribution in [0.5, 0.6) is 11.5 Å². The first-order valence-electron chi connectivity index (χ1n) is 7.01. The van der Waals surface area contributed by atoms with Gasteiger partial charge in [-0.05, 0) is 24.3 Å². The average molecular weight is 467 g/mol. The molecule has 11 heteroatoms. The second kappa shape index (κ2) is 8.27. The van der Waals surface area contributed by atoms with Crippen LogP contribution in [0.3, 0.4) is 0 Å². The zero-order chi connectivity index (χ0) is 19.3. The van der Waals surface area contributed by atoms with E-state index in [4.69, 9.17) is 4.74 Å². The molecule has 0 fully saturated rings. The third-order valence-corrected chi connectivity index (χ3v) is 3.62. The molecule has 4 rings (SSSR count). The first kappa shape index (κ1) is 23.6. The number of aromatic nitrogens is 1. The summed E-state index contributed by atoms with van der Waals surface area (Å²) in [7, 11) is -10.7. The summed E-state index contributed by atoms with van der Waals surface area (Å²) in [5, 5.41) is 0.936. The second-order valence-corrected chi connectivity index (χ2v) is 7.83. The molecule has 0 amide bonds. The van der Waals surface area contributed by atoms with Gasteiger partial charge < -0.3 is 4.74 Å². The van der Waals surface area contributed by atoms with E-state index in [0.29, 0.717) is 0 Å². The van der Waals surface area contributed by atoms with Crippen molar-refractivity contribution in [3.63, 3.8) is 0 Å². The number of para-hydroxylation sites is 1. The molecule has 0 saturated carbocycles. The molecular formula is C16H12F6FeNOPS-. The van der Waals surface area contributed by atoms with E-state index in [1.807, 2.05) is 67.1 Å². The number of nitrogens with zero attached hydrogens (tertiary/aromatic N) is 1. The predicted octanol–water partition coefficient (Wildman–Crippen LogP) is 8.04. The minimum absolute atomic E-state index is 0. The quantitative estimate of drug-likeness (QED) is 0.190. The molecule has 1 aromatic carbocycles. The van der Waals surface area contributed by atoms with Crippen LogP contribution in [0.1, 0.15) is 0 Å². The van der Waals surface area contributed by atoms with Crippen molar-refractivity contribution in [2.75, 3.05) is 0 Å². The Kier molecular flexibility index (Phi) is 7.22. The first-order valence-corrected chi connectivity index (χ1v) is 9.86. The normalized spacial score (nSPS) is 15.8. The van der Waals surface area contributed by atoms with Crippen LogP contribution >= 0.6 is 19.6 Å². The van der Waals surface area contributed by atoms with E-state index >= 15 is 0 Å². The number of ether oxygens (including phenoxy) is 1. The first-order chi connectivity index (χ1) is 11.9. The Labute approximate surface area is 166 Å². The monoisotopic (exact) mass is 467 g/mol. The van der Waals surface area contributed by atoms with E-state index in [9.17, 15) is 25.2 Å². The molecule has 0 unspecified atom stereocenters. The van der Waals surface area contributed by atoms with E-state index in [2.05, 4.69) is 4.98 Å². The molecule has 0 N–H and O–H groups in total. The van der Waals surface area contributed by atoms with Crippen molar-refractivity contribution in [3.8, 4) is 11.5 Å². The third-order valence-electron chi connectivity index (χ3n) is 2.57. The Bertz CT molecular complexity index is 733. The van der Waals surface area contributed by atoms with Crippen LogP contribution in [0.4, 0.5) is 25.2 Å². The maximum Gasteiger partial charge on any atom is 0.160 e. The van der Waals surface area contributed by atoms with Gasteiger partial charge in [-0.15, -0.1) is 0 Å². The summed E-state index contributed by atoms with van der Waals surface area (Å²) in [6, 6.07) is 11.8. The molecule has 0 bridgehead atoms. The standard InChI is InChI=1S/C11H7NOS.C5H5.F6P.Fe/c1-2-6-10-8(4-1)13-9-5-3-7-12-11(9)14-10;1-2-4-5-3-1;1-7(2,3,4,5)6;/h1-7H;1-5H;;/q;;-1;. The van der Waals surface area contributed by atoms with Crippen LogP contribution in [-0.4, -0.2) is 4.98 Å². The van der Waals surface area contributed by atoms with Crippen molar-refractivity contribution in [3.05, 3.63) is 73.3 Å². The van der Waals surface area contributed by atoms with Crippen molar-refractivity contribution in [2.24, 2.45) is 0 Å². The number of fused-ring (bicyclic) bond motifs is 2. The minimum atomic E-state index is -10.7. The largest absolute Gasteiger partial charge is 0.453 e. The molecule has 2 heterocycles. The van der Waals surface area contributed by atoms with E-state index in [1.165, 1.54) is 0 Å². The fourth-order valence-electron chi connectivity index (χ4n) is 1.69. The Hall–Kier alpha value is -1.47. The smallest absolute Gasteiger partial charge is 0.160 e. The van der Waals surface area contributed by atoms with E-state index in [0.717, 1.165) is 21.4 Å². The number of pyridine rings is 1. The summed E-state index contributed by atoms with van der Waals surface area (Å²) in [6.07, 6.45) is 11.8. The van der Waals surface area contributed by atoms with Gasteiger partial charge in [0.1, 0.15) is 10.8 Å². The van der Waals surface area contributed by atoms with Gasteiger partial charge in [-0.25, -0.2) is 4.98 Å². The van der Waals surface area contributed by atoms with Crippen molar-refractivity contribution in [1.29, 1.82) is 0 Å². The molecule has 2 aromatic rings. The number of rotatable bonds is 0. The summed E-state index contributed by atoms with van der Waals surface area (Å²) < 4.78 is 64.9. The predicted molar refractivity (Wildman–Crippen MR) is 91.0 cm³/mol. The van der Waals surface area contributed by atoms with Crippen LogP contribution < -0.4 is 4.74 Å². The molecule has 0 saturated heterocycles. The Morgan fingerprint density at radius 1 is 0.778 bits per heavy atom. The van der Waals surface area contributed by atoms with Crippen molar-refractivity contribution in [2.45, 2.75) is 9.92 Å². The van der Waals surface area contributed by atoms with Crippen molar-refractivity contribution >= 4 is 19.6 Å². The van der Waals surface area contributed by atoms with Gasteiger partial charge in [0.2, 0.25) is 0 Å². The summed E-state index contributed by atoms with van der Waals surface area (Å²) >= 11 is 1.65. The van der Waals surface area contributed by atoms with Gasteiger partial charge in [0.05, 0.1) is 4.90 Å². The summed E-state index contributed by atoms with van der Waals surface area (Å²) in [5.41, 5.74) is 0.